The molecule has 1 atom stereocenters. The fourth-order valence-corrected chi connectivity index (χ4v) is 0.914. The molecule has 66 valence electrons. The van der Waals surface area contributed by atoms with Crippen LogP contribution >= 0.6 is 0 Å². The van der Waals surface area contributed by atoms with Crippen LogP contribution in [0, 0.1) is 0 Å². The molecule has 1 nitrogen and oxygen atoms in total. The van der Waals surface area contributed by atoms with E-state index in [9.17, 15) is 0 Å². The van der Waals surface area contributed by atoms with Crippen molar-refractivity contribution in [1.29, 1.82) is 0 Å². The van der Waals surface area contributed by atoms with Gasteiger partial charge in [-0.2, -0.15) is 0 Å². The van der Waals surface area contributed by atoms with Gasteiger partial charge in [-0.1, -0.05) is 19.9 Å². The Morgan fingerprint density at radius 3 is 2.18 bits per heavy atom. The number of rotatable bonds is 5. The van der Waals surface area contributed by atoms with Crippen molar-refractivity contribution in [2.75, 3.05) is 0 Å². The summed E-state index contributed by atoms with van der Waals surface area (Å²) >= 11 is 0. The maximum atomic E-state index is 5.77. The normalized spacial score (nSPS) is 14.5. The monoisotopic (exact) mass is 156 g/mol. The Morgan fingerprint density at radius 1 is 1.45 bits per heavy atom. The smallest absolute Gasteiger partial charge is 0.0732 e. The van der Waals surface area contributed by atoms with Gasteiger partial charge in [-0.15, -0.1) is 6.58 Å². The second kappa shape index (κ2) is 4.55. The van der Waals surface area contributed by atoms with Crippen molar-refractivity contribution < 1.29 is 4.74 Å². The minimum atomic E-state index is 0.0353. The van der Waals surface area contributed by atoms with Crippen LogP contribution in [-0.4, -0.2) is 11.7 Å². The predicted molar refractivity (Wildman–Crippen MR) is 49.7 cm³/mol. The molecule has 0 saturated heterocycles. The van der Waals surface area contributed by atoms with Crippen molar-refractivity contribution in [3.63, 3.8) is 0 Å². The molecule has 0 radical (unpaired) electrons. The van der Waals surface area contributed by atoms with Crippen LogP contribution in [0.4, 0.5) is 0 Å². The Kier molecular flexibility index (Phi) is 4.43. The summed E-state index contributed by atoms with van der Waals surface area (Å²) in [4.78, 5) is 0. The molecule has 0 N–H and O–H groups in total. The zero-order valence-electron chi connectivity index (χ0n) is 8.18. The van der Waals surface area contributed by atoms with E-state index in [-0.39, 0.29) is 11.7 Å². The van der Waals surface area contributed by atoms with E-state index in [1.807, 2.05) is 13.0 Å². The van der Waals surface area contributed by atoms with E-state index >= 15 is 0 Å². The summed E-state index contributed by atoms with van der Waals surface area (Å²) in [5.41, 5.74) is 0.0353. The summed E-state index contributed by atoms with van der Waals surface area (Å²) in [6, 6.07) is 0. The first-order valence-electron chi connectivity index (χ1n) is 4.38. The third kappa shape index (κ3) is 3.57. The molecule has 0 aromatic heterocycles. The number of hydrogen-bond donors (Lipinski definition) is 0. The first-order valence-corrected chi connectivity index (χ1v) is 4.38. The molecule has 0 heterocycles. The Hall–Kier alpha value is -0.300. The Balaban J connectivity index is 3.95. The predicted octanol–water partition coefficient (Wildman–Crippen LogP) is 3.16. The fraction of sp³-hybridized carbons (Fsp3) is 0.800. The lowest BCUT2D eigenvalue weighted by Gasteiger charge is -2.29. The van der Waals surface area contributed by atoms with E-state index in [2.05, 4.69) is 27.4 Å². The molecule has 0 aromatic rings. The van der Waals surface area contributed by atoms with Crippen LogP contribution in [-0.2, 0) is 4.74 Å². The van der Waals surface area contributed by atoms with Crippen LogP contribution in [0.25, 0.3) is 0 Å². The largest absolute Gasteiger partial charge is 0.368 e. The van der Waals surface area contributed by atoms with Crippen molar-refractivity contribution >= 4 is 0 Å². The molecule has 0 bridgehead atoms. The maximum absolute atomic E-state index is 5.77. The summed E-state index contributed by atoms with van der Waals surface area (Å²) in [7, 11) is 0. The van der Waals surface area contributed by atoms with E-state index in [0.717, 1.165) is 12.8 Å². The molecule has 0 amide bonds. The summed E-state index contributed by atoms with van der Waals surface area (Å²) < 4.78 is 5.77. The van der Waals surface area contributed by atoms with Crippen LogP contribution in [0.1, 0.15) is 40.5 Å². The van der Waals surface area contributed by atoms with Crippen molar-refractivity contribution in [3.8, 4) is 0 Å². The van der Waals surface area contributed by atoms with Crippen molar-refractivity contribution in [1.82, 2.24) is 0 Å². The van der Waals surface area contributed by atoms with Gasteiger partial charge in [-0.3, -0.25) is 0 Å². The molecule has 11 heavy (non-hydrogen) atoms. The SMILES string of the molecule is C=CC(C)OC(C)(CC)CC. The van der Waals surface area contributed by atoms with Crippen molar-refractivity contribution in [2.24, 2.45) is 0 Å². The topological polar surface area (TPSA) is 9.23 Å². The van der Waals surface area contributed by atoms with Crippen LogP contribution in [0.15, 0.2) is 12.7 Å². The van der Waals surface area contributed by atoms with E-state index in [1.54, 1.807) is 0 Å². The van der Waals surface area contributed by atoms with Crippen LogP contribution in [0.3, 0.4) is 0 Å². The fourth-order valence-electron chi connectivity index (χ4n) is 0.914. The maximum Gasteiger partial charge on any atom is 0.0732 e. The van der Waals surface area contributed by atoms with Crippen LogP contribution in [0.5, 0.6) is 0 Å². The van der Waals surface area contributed by atoms with Gasteiger partial charge >= 0.3 is 0 Å². The lowest BCUT2D eigenvalue weighted by Crippen LogP contribution is -2.30. The van der Waals surface area contributed by atoms with E-state index in [4.69, 9.17) is 4.74 Å². The molecule has 1 unspecified atom stereocenters. The summed E-state index contributed by atoms with van der Waals surface area (Å²) in [6.45, 7) is 12.2. The lowest BCUT2D eigenvalue weighted by molar-refractivity contribution is -0.0610. The summed E-state index contributed by atoms with van der Waals surface area (Å²) in [6.07, 6.45) is 4.12. The second-order valence-electron chi connectivity index (χ2n) is 3.22. The quantitative estimate of drug-likeness (QED) is 0.555. The highest BCUT2D eigenvalue weighted by molar-refractivity contribution is 4.81. The first-order chi connectivity index (χ1) is 5.08. The summed E-state index contributed by atoms with van der Waals surface area (Å²) in [5.74, 6) is 0. The van der Waals surface area contributed by atoms with E-state index in [1.165, 1.54) is 0 Å². The van der Waals surface area contributed by atoms with Crippen molar-refractivity contribution in [2.45, 2.75) is 52.2 Å². The molecular formula is C10H20O. The molecule has 0 aliphatic heterocycles. The number of hydrogen-bond acceptors (Lipinski definition) is 1. The van der Waals surface area contributed by atoms with Gasteiger partial charge in [0.15, 0.2) is 0 Å². The molecule has 1 heteroatoms. The minimum Gasteiger partial charge on any atom is -0.368 e. The molecule has 0 spiro atoms. The molecule has 0 rings (SSSR count). The highest BCUT2D eigenvalue weighted by Gasteiger charge is 2.21. The lowest BCUT2D eigenvalue weighted by atomic mass is 10.00. The van der Waals surface area contributed by atoms with Gasteiger partial charge < -0.3 is 4.74 Å². The molecule has 0 fully saturated rings. The molecule has 0 aliphatic rings. The molecular weight excluding hydrogens is 136 g/mol. The summed E-state index contributed by atoms with van der Waals surface area (Å²) in [5, 5.41) is 0. The average Bonchev–Trinajstić information content (AvgIpc) is 2.04. The minimum absolute atomic E-state index is 0.0353. The zero-order valence-corrected chi connectivity index (χ0v) is 8.18. The van der Waals surface area contributed by atoms with Gasteiger partial charge in [0.2, 0.25) is 0 Å². The van der Waals surface area contributed by atoms with E-state index < -0.39 is 0 Å². The Labute approximate surface area is 70.4 Å². The highest BCUT2D eigenvalue weighted by atomic mass is 16.5. The second-order valence-corrected chi connectivity index (χ2v) is 3.22. The van der Waals surface area contributed by atoms with E-state index in [0.29, 0.717) is 0 Å². The van der Waals surface area contributed by atoms with Gasteiger partial charge in [0.1, 0.15) is 0 Å². The average molecular weight is 156 g/mol. The third-order valence-electron chi connectivity index (χ3n) is 2.30. The Bertz CT molecular complexity index is 114. The third-order valence-corrected chi connectivity index (χ3v) is 2.30. The molecule has 0 saturated carbocycles. The van der Waals surface area contributed by atoms with Gasteiger partial charge in [0, 0.05) is 0 Å². The highest BCUT2D eigenvalue weighted by Crippen LogP contribution is 2.21. The van der Waals surface area contributed by atoms with Crippen LogP contribution < -0.4 is 0 Å². The van der Waals surface area contributed by atoms with Gasteiger partial charge in [0.25, 0.3) is 0 Å². The van der Waals surface area contributed by atoms with Gasteiger partial charge in [-0.05, 0) is 26.7 Å². The van der Waals surface area contributed by atoms with Gasteiger partial charge in [0.05, 0.1) is 11.7 Å². The molecule has 0 aliphatic carbocycles. The molecule has 0 aromatic carbocycles. The zero-order chi connectivity index (χ0) is 8.91. The Morgan fingerprint density at radius 2 is 1.91 bits per heavy atom. The van der Waals surface area contributed by atoms with Gasteiger partial charge in [-0.25, -0.2) is 0 Å². The first kappa shape index (κ1) is 10.7. The van der Waals surface area contributed by atoms with Crippen LogP contribution in [0.2, 0.25) is 0 Å². The number of ether oxygens (including phenoxy) is 1. The van der Waals surface area contributed by atoms with Crippen molar-refractivity contribution in [3.05, 3.63) is 12.7 Å². The standard InChI is InChI=1S/C10H20O/c1-6-9(4)11-10(5,7-2)8-3/h6,9H,1,7-8H2,2-5H3.